The number of para-hydroxylation sites is 1. The van der Waals surface area contributed by atoms with Gasteiger partial charge in [0, 0.05) is 20.7 Å². The molecule has 0 aliphatic rings. The molecule has 0 atom stereocenters. The Labute approximate surface area is 196 Å². The van der Waals surface area contributed by atoms with E-state index < -0.39 is 0 Å². The van der Waals surface area contributed by atoms with Crippen molar-refractivity contribution in [3.8, 4) is 16.3 Å². The fourth-order valence-electron chi connectivity index (χ4n) is 3.30. The summed E-state index contributed by atoms with van der Waals surface area (Å²) >= 11 is 15.5. The third kappa shape index (κ3) is 3.77. The van der Waals surface area contributed by atoms with Crippen LogP contribution in [0.1, 0.15) is 9.67 Å². The summed E-state index contributed by atoms with van der Waals surface area (Å²) in [6.07, 6.45) is 0. The van der Waals surface area contributed by atoms with E-state index in [2.05, 4.69) is 5.32 Å². The molecule has 0 saturated carbocycles. The standard InChI is InChI=1S/C23H14Cl2N2O2S2/c1-29-17-9-6-12(23-27-15-4-2-3-5-18(15)31-23)10-16(17)26-22(28)21-20(25)14-8-7-13(24)11-19(14)30-21/h2-11H,1H3,(H,26,28). The van der Waals surface area contributed by atoms with Crippen molar-refractivity contribution in [1.29, 1.82) is 0 Å². The number of rotatable bonds is 4. The van der Waals surface area contributed by atoms with Crippen LogP contribution in [0.2, 0.25) is 10.0 Å². The highest BCUT2D eigenvalue weighted by molar-refractivity contribution is 7.22. The summed E-state index contributed by atoms with van der Waals surface area (Å²) in [4.78, 5) is 18.2. The lowest BCUT2D eigenvalue weighted by Crippen LogP contribution is -2.11. The zero-order valence-corrected chi connectivity index (χ0v) is 19.3. The third-order valence-corrected chi connectivity index (χ3v) is 7.76. The Morgan fingerprint density at radius 1 is 1.00 bits per heavy atom. The molecule has 2 heterocycles. The fraction of sp³-hybridized carbons (Fsp3) is 0.0435. The molecule has 1 N–H and O–H groups in total. The Hall–Kier alpha value is -2.64. The maximum Gasteiger partial charge on any atom is 0.267 e. The second-order valence-electron chi connectivity index (χ2n) is 6.74. The number of benzene rings is 3. The summed E-state index contributed by atoms with van der Waals surface area (Å²) in [5.74, 6) is 0.251. The predicted octanol–water partition coefficient (Wildman–Crippen LogP) is 7.75. The molecule has 5 rings (SSSR count). The van der Waals surface area contributed by atoms with Gasteiger partial charge in [0.1, 0.15) is 15.6 Å². The smallest absolute Gasteiger partial charge is 0.267 e. The van der Waals surface area contributed by atoms with E-state index >= 15 is 0 Å². The molecule has 0 aliphatic heterocycles. The maximum absolute atomic E-state index is 13.1. The van der Waals surface area contributed by atoms with Crippen LogP contribution >= 0.6 is 45.9 Å². The van der Waals surface area contributed by atoms with Crippen LogP contribution in [0.3, 0.4) is 0 Å². The summed E-state index contributed by atoms with van der Waals surface area (Å²) in [6, 6.07) is 19.0. The molecule has 4 nitrogen and oxygen atoms in total. The van der Waals surface area contributed by atoms with Gasteiger partial charge in [0.15, 0.2) is 0 Å². The Bertz CT molecular complexity index is 1430. The van der Waals surface area contributed by atoms with Gasteiger partial charge in [-0.05, 0) is 42.5 Å². The molecule has 154 valence electrons. The molecule has 5 aromatic rings. The average molecular weight is 485 g/mol. The van der Waals surface area contributed by atoms with Gasteiger partial charge in [-0.1, -0.05) is 41.4 Å². The quantitative estimate of drug-likeness (QED) is 0.283. The average Bonchev–Trinajstić information content (AvgIpc) is 3.34. The monoisotopic (exact) mass is 484 g/mol. The van der Waals surface area contributed by atoms with E-state index in [1.54, 1.807) is 30.6 Å². The van der Waals surface area contributed by atoms with E-state index in [0.717, 1.165) is 30.9 Å². The first-order valence-corrected chi connectivity index (χ1v) is 11.7. The SMILES string of the molecule is COc1ccc(-c2nc3ccccc3s2)cc1NC(=O)c1sc2cc(Cl)ccc2c1Cl. The van der Waals surface area contributed by atoms with Crippen molar-refractivity contribution in [1.82, 2.24) is 4.98 Å². The number of ether oxygens (including phenoxy) is 1. The lowest BCUT2D eigenvalue weighted by molar-refractivity contribution is 0.103. The van der Waals surface area contributed by atoms with Crippen molar-refractivity contribution in [2.75, 3.05) is 12.4 Å². The molecule has 0 bridgehead atoms. The minimum atomic E-state index is -0.304. The number of thiazole rings is 1. The van der Waals surface area contributed by atoms with Crippen LogP contribution in [0.25, 0.3) is 30.9 Å². The largest absolute Gasteiger partial charge is 0.495 e. The number of thiophene rings is 1. The van der Waals surface area contributed by atoms with Crippen molar-refractivity contribution in [3.05, 3.63) is 75.6 Å². The van der Waals surface area contributed by atoms with E-state index in [9.17, 15) is 4.79 Å². The number of fused-ring (bicyclic) bond motifs is 2. The molecular formula is C23H14Cl2N2O2S2. The number of methoxy groups -OCH3 is 1. The number of carbonyl (C=O) groups is 1. The van der Waals surface area contributed by atoms with Crippen LogP contribution in [0.15, 0.2) is 60.7 Å². The fourth-order valence-corrected chi connectivity index (χ4v) is 5.95. The lowest BCUT2D eigenvalue weighted by atomic mass is 10.2. The Kier molecular flexibility index (Phi) is 5.32. The first kappa shape index (κ1) is 20.3. The molecule has 0 aliphatic carbocycles. The second-order valence-corrected chi connectivity index (χ2v) is 9.64. The Morgan fingerprint density at radius 3 is 2.65 bits per heavy atom. The number of carbonyl (C=O) groups excluding carboxylic acids is 1. The summed E-state index contributed by atoms with van der Waals surface area (Å²) in [5.41, 5.74) is 2.39. The van der Waals surface area contributed by atoms with E-state index in [4.69, 9.17) is 32.9 Å². The number of aromatic nitrogens is 1. The van der Waals surface area contributed by atoms with Crippen LogP contribution in [0, 0.1) is 0 Å². The molecule has 1 amide bonds. The van der Waals surface area contributed by atoms with Crippen molar-refractivity contribution in [2.24, 2.45) is 0 Å². The van der Waals surface area contributed by atoms with Crippen LogP contribution < -0.4 is 10.1 Å². The van der Waals surface area contributed by atoms with Gasteiger partial charge in [0.2, 0.25) is 0 Å². The minimum absolute atomic E-state index is 0.304. The van der Waals surface area contributed by atoms with Crippen LogP contribution in [0.4, 0.5) is 5.69 Å². The van der Waals surface area contributed by atoms with Crippen molar-refractivity contribution in [3.63, 3.8) is 0 Å². The number of nitrogens with zero attached hydrogens (tertiary/aromatic N) is 1. The van der Waals surface area contributed by atoms with Gasteiger partial charge < -0.3 is 10.1 Å². The Morgan fingerprint density at radius 2 is 1.84 bits per heavy atom. The van der Waals surface area contributed by atoms with Gasteiger partial charge in [0.05, 0.1) is 28.0 Å². The normalized spacial score (nSPS) is 11.2. The number of nitrogens with one attached hydrogen (secondary N) is 1. The van der Waals surface area contributed by atoms with Crippen LogP contribution in [-0.4, -0.2) is 18.0 Å². The molecule has 0 radical (unpaired) electrons. The Balaban J connectivity index is 1.51. The first-order valence-electron chi connectivity index (χ1n) is 9.26. The summed E-state index contributed by atoms with van der Waals surface area (Å²) in [7, 11) is 1.57. The van der Waals surface area contributed by atoms with Crippen LogP contribution in [0.5, 0.6) is 5.75 Å². The highest BCUT2D eigenvalue weighted by Crippen LogP contribution is 2.39. The highest BCUT2D eigenvalue weighted by atomic mass is 35.5. The number of hydrogen-bond acceptors (Lipinski definition) is 5. The maximum atomic E-state index is 13.1. The minimum Gasteiger partial charge on any atom is -0.495 e. The zero-order chi connectivity index (χ0) is 21.5. The molecule has 31 heavy (non-hydrogen) atoms. The number of amides is 1. The van der Waals surface area contributed by atoms with E-state index in [1.807, 2.05) is 48.5 Å². The zero-order valence-electron chi connectivity index (χ0n) is 16.1. The summed E-state index contributed by atoms with van der Waals surface area (Å²) < 4.78 is 7.42. The number of anilines is 1. The topological polar surface area (TPSA) is 51.2 Å². The lowest BCUT2D eigenvalue weighted by Gasteiger charge is -2.11. The molecule has 0 fully saturated rings. The molecule has 2 aromatic heterocycles. The summed E-state index contributed by atoms with van der Waals surface area (Å²) in [6.45, 7) is 0. The third-order valence-electron chi connectivity index (χ3n) is 4.79. The van der Waals surface area contributed by atoms with Gasteiger partial charge in [0.25, 0.3) is 5.91 Å². The van der Waals surface area contributed by atoms with E-state index in [0.29, 0.717) is 26.4 Å². The van der Waals surface area contributed by atoms with Crippen molar-refractivity contribution in [2.45, 2.75) is 0 Å². The van der Waals surface area contributed by atoms with E-state index in [1.165, 1.54) is 11.3 Å². The van der Waals surface area contributed by atoms with Gasteiger partial charge in [-0.15, -0.1) is 22.7 Å². The number of hydrogen-bond donors (Lipinski definition) is 1. The molecule has 0 spiro atoms. The second kappa shape index (κ2) is 8.13. The molecule has 8 heteroatoms. The van der Waals surface area contributed by atoms with Gasteiger partial charge in [-0.2, -0.15) is 0 Å². The highest BCUT2D eigenvalue weighted by Gasteiger charge is 2.19. The van der Waals surface area contributed by atoms with Crippen molar-refractivity contribution < 1.29 is 9.53 Å². The predicted molar refractivity (Wildman–Crippen MR) is 131 cm³/mol. The molecule has 3 aromatic carbocycles. The number of halogens is 2. The van der Waals surface area contributed by atoms with Gasteiger partial charge >= 0.3 is 0 Å². The summed E-state index contributed by atoms with van der Waals surface area (Å²) in [5, 5.41) is 5.63. The van der Waals surface area contributed by atoms with Crippen molar-refractivity contribution >= 4 is 77.8 Å². The van der Waals surface area contributed by atoms with E-state index in [-0.39, 0.29) is 5.91 Å². The molecule has 0 unspecified atom stereocenters. The van der Waals surface area contributed by atoms with Crippen LogP contribution in [-0.2, 0) is 0 Å². The van der Waals surface area contributed by atoms with Gasteiger partial charge in [-0.3, -0.25) is 4.79 Å². The molecular weight excluding hydrogens is 471 g/mol. The van der Waals surface area contributed by atoms with Gasteiger partial charge in [-0.25, -0.2) is 4.98 Å². The molecule has 0 saturated heterocycles. The first-order chi connectivity index (χ1) is 15.0.